The van der Waals surface area contributed by atoms with Crippen molar-refractivity contribution in [3.63, 3.8) is 0 Å². The fraction of sp³-hybridized carbons (Fsp3) is 0.167. The Hall–Kier alpha value is -3.32. The SMILES string of the molecule is CCOc1ccccc1NC(=O)c1ccc(O[C@H](C)C(=O)Nc2ccc(Br)cc2)cc1. The third kappa shape index (κ3) is 6.33. The van der Waals surface area contributed by atoms with Crippen molar-refractivity contribution in [2.75, 3.05) is 17.2 Å². The zero-order valence-electron chi connectivity index (χ0n) is 17.2. The highest BCUT2D eigenvalue weighted by molar-refractivity contribution is 9.10. The van der Waals surface area contributed by atoms with Gasteiger partial charge >= 0.3 is 0 Å². The maximum atomic E-state index is 12.6. The first kappa shape index (κ1) is 22.4. The fourth-order valence-corrected chi connectivity index (χ4v) is 3.03. The Morgan fingerprint density at radius 2 is 1.61 bits per heavy atom. The van der Waals surface area contributed by atoms with Crippen LogP contribution in [0.1, 0.15) is 24.2 Å². The molecule has 0 radical (unpaired) electrons. The van der Waals surface area contributed by atoms with Gasteiger partial charge in [0, 0.05) is 15.7 Å². The van der Waals surface area contributed by atoms with Gasteiger partial charge < -0.3 is 20.1 Å². The molecule has 0 heterocycles. The lowest BCUT2D eigenvalue weighted by Gasteiger charge is -2.15. The van der Waals surface area contributed by atoms with Gasteiger partial charge in [-0.2, -0.15) is 0 Å². The summed E-state index contributed by atoms with van der Waals surface area (Å²) in [5.74, 6) is 0.574. The van der Waals surface area contributed by atoms with E-state index < -0.39 is 6.10 Å². The van der Waals surface area contributed by atoms with Crippen molar-refractivity contribution < 1.29 is 19.1 Å². The van der Waals surface area contributed by atoms with Crippen molar-refractivity contribution in [1.29, 1.82) is 0 Å². The second kappa shape index (κ2) is 10.6. The summed E-state index contributed by atoms with van der Waals surface area (Å²) in [4.78, 5) is 24.9. The van der Waals surface area contributed by atoms with Crippen LogP contribution in [0.25, 0.3) is 0 Å². The molecule has 160 valence electrons. The van der Waals surface area contributed by atoms with Crippen LogP contribution < -0.4 is 20.1 Å². The van der Waals surface area contributed by atoms with Crippen molar-refractivity contribution in [3.8, 4) is 11.5 Å². The molecule has 0 saturated carbocycles. The van der Waals surface area contributed by atoms with E-state index in [1.165, 1.54) is 0 Å². The van der Waals surface area contributed by atoms with Crippen LogP contribution in [0.5, 0.6) is 11.5 Å². The smallest absolute Gasteiger partial charge is 0.265 e. The van der Waals surface area contributed by atoms with Crippen molar-refractivity contribution in [1.82, 2.24) is 0 Å². The molecule has 0 aliphatic rings. The largest absolute Gasteiger partial charge is 0.492 e. The molecule has 0 fully saturated rings. The average Bonchev–Trinajstić information content (AvgIpc) is 2.77. The zero-order chi connectivity index (χ0) is 22.2. The molecule has 0 bridgehead atoms. The number of benzene rings is 3. The molecule has 7 heteroatoms. The van der Waals surface area contributed by atoms with Crippen LogP contribution in [-0.4, -0.2) is 24.5 Å². The van der Waals surface area contributed by atoms with Gasteiger partial charge in [-0.1, -0.05) is 28.1 Å². The number of rotatable bonds is 8. The number of carbonyl (C=O) groups is 2. The molecular weight excluding hydrogens is 460 g/mol. The average molecular weight is 483 g/mol. The maximum Gasteiger partial charge on any atom is 0.265 e. The molecule has 0 aliphatic carbocycles. The van der Waals surface area contributed by atoms with Gasteiger partial charge in [0.15, 0.2) is 6.10 Å². The molecule has 0 saturated heterocycles. The quantitative estimate of drug-likeness (QED) is 0.443. The van der Waals surface area contributed by atoms with Gasteiger partial charge in [-0.25, -0.2) is 0 Å². The molecular formula is C24H23BrN2O4. The second-order valence-corrected chi connectivity index (χ2v) is 7.58. The van der Waals surface area contributed by atoms with Crippen molar-refractivity contribution in [3.05, 3.63) is 82.8 Å². The highest BCUT2D eigenvalue weighted by Gasteiger charge is 2.16. The lowest BCUT2D eigenvalue weighted by molar-refractivity contribution is -0.122. The van der Waals surface area contributed by atoms with Crippen LogP contribution in [-0.2, 0) is 4.79 Å². The predicted octanol–water partition coefficient (Wildman–Crippen LogP) is 5.51. The second-order valence-electron chi connectivity index (χ2n) is 6.66. The monoisotopic (exact) mass is 482 g/mol. The van der Waals surface area contributed by atoms with E-state index in [0.29, 0.717) is 35.0 Å². The summed E-state index contributed by atoms with van der Waals surface area (Å²) < 4.78 is 12.2. The molecule has 0 aromatic heterocycles. The predicted molar refractivity (Wildman–Crippen MR) is 125 cm³/mol. The van der Waals surface area contributed by atoms with Crippen molar-refractivity contribution in [2.45, 2.75) is 20.0 Å². The first-order chi connectivity index (χ1) is 15.0. The highest BCUT2D eigenvalue weighted by atomic mass is 79.9. The lowest BCUT2D eigenvalue weighted by Crippen LogP contribution is -2.30. The highest BCUT2D eigenvalue weighted by Crippen LogP contribution is 2.24. The molecule has 2 N–H and O–H groups in total. The number of carbonyl (C=O) groups excluding carboxylic acids is 2. The van der Waals surface area contributed by atoms with Crippen LogP contribution >= 0.6 is 15.9 Å². The number of para-hydroxylation sites is 2. The number of ether oxygens (including phenoxy) is 2. The topological polar surface area (TPSA) is 76.7 Å². The van der Waals surface area contributed by atoms with E-state index in [-0.39, 0.29) is 11.8 Å². The first-order valence-electron chi connectivity index (χ1n) is 9.82. The number of hydrogen-bond donors (Lipinski definition) is 2. The summed E-state index contributed by atoms with van der Waals surface area (Å²) in [7, 11) is 0. The molecule has 31 heavy (non-hydrogen) atoms. The normalized spacial score (nSPS) is 11.3. The number of amides is 2. The summed E-state index contributed by atoms with van der Waals surface area (Å²) in [5.41, 5.74) is 1.75. The summed E-state index contributed by atoms with van der Waals surface area (Å²) in [5, 5.41) is 5.65. The van der Waals surface area contributed by atoms with Gasteiger partial charge in [0.25, 0.3) is 11.8 Å². The number of hydrogen-bond acceptors (Lipinski definition) is 4. The van der Waals surface area contributed by atoms with Gasteiger partial charge in [-0.3, -0.25) is 9.59 Å². The van der Waals surface area contributed by atoms with Crippen molar-refractivity contribution in [2.24, 2.45) is 0 Å². The number of nitrogens with one attached hydrogen (secondary N) is 2. The molecule has 3 aromatic rings. The van der Waals surface area contributed by atoms with Gasteiger partial charge in [0.1, 0.15) is 11.5 Å². The van der Waals surface area contributed by atoms with E-state index in [4.69, 9.17) is 9.47 Å². The minimum absolute atomic E-state index is 0.264. The van der Waals surface area contributed by atoms with E-state index in [1.807, 2.05) is 31.2 Å². The van der Waals surface area contributed by atoms with Crippen LogP contribution in [0.4, 0.5) is 11.4 Å². The Morgan fingerprint density at radius 1 is 0.935 bits per heavy atom. The van der Waals surface area contributed by atoms with Crippen molar-refractivity contribution >= 4 is 39.1 Å². The summed E-state index contributed by atoms with van der Waals surface area (Å²) in [6.07, 6.45) is -0.707. The Labute approximate surface area is 189 Å². The van der Waals surface area contributed by atoms with Gasteiger partial charge in [-0.15, -0.1) is 0 Å². The van der Waals surface area contributed by atoms with Gasteiger partial charge in [0.05, 0.1) is 12.3 Å². The molecule has 1 atom stereocenters. The first-order valence-corrected chi connectivity index (χ1v) is 10.6. The van der Waals surface area contributed by atoms with Gasteiger partial charge in [-0.05, 0) is 74.5 Å². The van der Waals surface area contributed by atoms with E-state index in [9.17, 15) is 9.59 Å². The van der Waals surface area contributed by atoms with Crippen LogP contribution in [0.15, 0.2) is 77.3 Å². The van der Waals surface area contributed by atoms with E-state index in [2.05, 4.69) is 26.6 Å². The van der Waals surface area contributed by atoms with Crippen LogP contribution in [0.2, 0.25) is 0 Å². The molecule has 0 aliphatic heterocycles. The molecule has 0 unspecified atom stereocenters. The number of anilines is 2. The summed E-state index contributed by atoms with van der Waals surface area (Å²) >= 11 is 3.36. The Kier molecular flexibility index (Phi) is 7.67. The Balaban J connectivity index is 1.58. The third-order valence-electron chi connectivity index (χ3n) is 4.35. The van der Waals surface area contributed by atoms with Crippen LogP contribution in [0, 0.1) is 0 Å². The minimum Gasteiger partial charge on any atom is -0.492 e. The fourth-order valence-electron chi connectivity index (χ4n) is 2.77. The summed E-state index contributed by atoms with van der Waals surface area (Å²) in [6, 6.07) is 21.2. The zero-order valence-corrected chi connectivity index (χ0v) is 18.8. The van der Waals surface area contributed by atoms with E-state index >= 15 is 0 Å². The van der Waals surface area contributed by atoms with E-state index in [0.717, 1.165) is 4.47 Å². The number of halogens is 1. The molecule has 3 rings (SSSR count). The molecule has 3 aromatic carbocycles. The standard InChI is InChI=1S/C24H23BrN2O4/c1-3-30-22-7-5-4-6-21(22)27-24(29)17-8-14-20(15-9-17)31-16(2)23(28)26-19-12-10-18(25)11-13-19/h4-16H,3H2,1-2H3,(H,26,28)(H,27,29)/t16-/m1/s1. The van der Waals surface area contributed by atoms with Crippen LogP contribution in [0.3, 0.4) is 0 Å². The van der Waals surface area contributed by atoms with Gasteiger partial charge in [0.2, 0.25) is 0 Å². The summed E-state index contributed by atoms with van der Waals surface area (Å²) in [6.45, 7) is 4.06. The maximum absolute atomic E-state index is 12.6. The minimum atomic E-state index is -0.707. The Bertz CT molecular complexity index is 1040. The Morgan fingerprint density at radius 3 is 2.29 bits per heavy atom. The van der Waals surface area contributed by atoms with E-state index in [1.54, 1.807) is 55.5 Å². The molecule has 0 spiro atoms. The molecule has 2 amide bonds. The third-order valence-corrected chi connectivity index (χ3v) is 4.87. The lowest BCUT2D eigenvalue weighted by atomic mass is 10.2. The molecule has 6 nitrogen and oxygen atoms in total.